The number of imidazole rings is 1. The third kappa shape index (κ3) is 3.26. The van der Waals surface area contributed by atoms with E-state index in [0.29, 0.717) is 17.7 Å². The molecule has 0 bridgehead atoms. The van der Waals surface area contributed by atoms with Gasteiger partial charge in [0.15, 0.2) is 11.5 Å². The molecule has 0 amide bonds. The minimum absolute atomic E-state index is 0.189. The molecule has 10 heteroatoms. The van der Waals surface area contributed by atoms with Gasteiger partial charge in [-0.2, -0.15) is 0 Å². The predicted molar refractivity (Wildman–Crippen MR) is 91.6 cm³/mol. The molecule has 0 spiro atoms. The summed E-state index contributed by atoms with van der Waals surface area (Å²) in [6, 6.07) is -0.431. The van der Waals surface area contributed by atoms with Crippen molar-refractivity contribution >= 4 is 17.0 Å². The molecule has 1 atom stereocenters. The SMILES string of the molecule is CC#Cc1cn(CC(N)Cn2cnc3c(N)ncnc32)c(=O)[nH]c1=O. The fourth-order valence-corrected chi connectivity index (χ4v) is 2.46. The number of rotatable bonds is 4. The van der Waals surface area contributed by atoms with Crippen LogP contribution in [0.4, 0.5) is 5.82 Å². The van der Waals surface area contributed by atoms with E-state index < -0.39 is 17.3 Å². The van der Waals surface area contributed by atoms with Gasteiger partial charge in [-0.25, -0.2) is 19.7 Å². The summed E-state index contributed by atoms with van der Waals surface area (Å²) in [5, 5.41) is 0. The molecular weight excluding hydrogens is 324 g/mol. The lowest BCUT2D eigenvalue weighted by Gasteiger charge is -2.14. The van der Waals surface area contributed by atoms with Crippen molar-refractivity contribution in [2.75, 3.05) is 5.73 Å². The normalized spacial score (nSPS) is 11.9. The minimum atomic E-state index is -0.538. The molecule has 5 N–H and O–H groups in total. The smallest absolute Gasteiger partial charge is 0.328 e. The Balaban J connectivity index is 1.85. The molecule has 1 unspecified atom stereocenters. The summed E-state index contributed by atoms with van der Waals surface area (Å²) in [6.45, 7) is 2.15. The molecule has 0 saturated heterocycles. The molecule has 3 rings (SSSR count). The first-order valence-electron chi connectivity index (χ1n) is 7.43. The highest BCUT2D eigenvalue weighted by atomic mass is 16.2. The average molecular weight is 340 g/mol. The van der Waals surface area contributed by atoms with Gasteiger partial charge < -0.3 is 16.0 Å². The van der Waals surface area contributed by atoms with E-state index in [4.69, 9.17) is 11.5 Å². The molecule has 0 aliphatic heterocycles. The van der Waals surface area contributed by atoms with Crippen molar-refractivity contribution in [3.05, 3.63) is 45.3 Å². The van der Waals surface area contributed by atoms with Crippen LogP contribution in [0.25, 0.3) is 11.2 Å². The first-order chi connectivity index (χ1) is 12.0. The van der Waals surface area contributed by atoms with E-state index in [-0.39, 0.29) is 17.9 Å². The standard InChI is InChI=1S/C15H16N8O2/c1-2-3-9-4-22(15(25)21-14(9)24)5-10(16)6-23-8-20-11-12(17)18-7-19-13(11)23/h4,7-8,10H,5-6,16H2,1H3,(H2,17,18,19)(H,21,24,25). The lowest BCUT2D eigenvalue weighted by molar-refractivity contribution is 0.473. The number of nitrogens with zero attached hydrogens (tertiary/aromatic N) is 5. The van der Waals surface area contributed by atoms with Gasteiger partial charge in [0.05, 0.1) is 6.33 Å². The van der Waals surface area contributed by atoms with E-state index in [1.165, 1.54) is 17.1 Å². The average Bonchev–Trinajstić information content (AvgIpc) is 2.96. The van der Waals surface area contributed by atoms with Crippen LogP contribution in [0.2, 0.25) is 0 Å². The van der Waals surface area contributed by atoms with E-state index >= 15 is 0 Å². The second kappa shape index (κ2) is 6.58. The van der Waals surface area contributed by atoms with Gasteiger partial charge in [-0.15, -0.1) is 5.92 Å². The van der Waals surface area contributed by atoms with E-state index in [2.05, 4.69) is 31.8 Å². The number of nitrogens with two attached hydrogens (primary N) is 2. The van der Waals surface area contributed by atoms with Crippen LogP contribution in [0, 0.1) is 11.8 Å². The van der Waals surface area contributed by atoms with Gasteiger partial charge in [0.2, 0.25) is 0 Å². The number of hydrogen-bond acceptors (Lipinski definition) is 7. The molecule has 0 radical (unpaired) electrons. The zero-order valence-electron chi connectivity index (χ0n) is 13.4. The highest BCUT2D eigenvalue weighted by Crippen LogP contribution is 2.14. The number of hydrogen-bond donors (Lipinski definition) is 3. The van der Waals surface area contributed by atoms with Crippen LogP contribution in [-0.2, 0) is 13.1 Å². The van der Waals surface area contributed by atoms with Crippen molar-refractivity contribution in [2.45, 2.75) is 26.1 Å². The molecule has 0 aliphatic rings. The number of aromatic nitrogens is 6. The maximum atomic E-state index is 11.9. The number of nitrogens with one attached hydrogen (secondary N) is 1. The van der Waals surface area contributed by atoms with Gasteiger partial charge in [0.1, 0.15) is 17.4 Å². The zero-order valence-corrected chi connectivity index (χ0v) is 13.4. The monoisotopic (exact) mass is 340 g/mol. The lowest BCUT2D eigenvalue weighted by Crippen LogP contribution is -2.38. The summed E-state index contributed by atoms with van der Waals surface area (Å²) >= 11 is 0. The Morgan fingerprint density at radius 3 is 2.76 bits per heavy atom. The Hall–Kier alpha value is -3.45. The second-order valence-electron chi connectivity index (χ2n) is 5.42. The maximum Gasteiger partial charge on any atom is 0.328 e. The van der Waals surface area contributed by atoms with Crippen LogP contribution in [0.1, 0.15) is 12.5 Å². The van der Waals surface area contributed by atoms with Crippen LogP contribution in [-0.4, -0.2) is 35.1 Å². The summed E-state index contributed by atoms with van der Waals surface area (Å²) < 4.78 is 3.07. The first kappa shape index (κ1) is 16.4. The summed E-state index contributed by atoms with van der Waals surface area (Å²) in [7, 11) is 0. The van der Waals surface area contributed by atoms with Crippen molar-refractivity contribution in [3.63, 3.8) is 0 Å². The predicted octanol–water partition coefficient (Wildman–Crippen LogP) is -1.34. The van der Waals surface area contributed by atoms with Crippen LogP contribution < -0.4 is 22.7 Å². The summed E-state index contributed by atoms with van der Waals surface area (Å²) in [5.74, 6) is 5.57. The van der Waals surface area contributed by atoms with Crippen LogP contribution in [0.3, 0.4) is 0 Å². The van der Waals surface area contributed by atoms with Gasteiger partial charge in [0, 0.05) is 25.3 Å². The van der Waals surface area contributed by atoms with Crippen LogP contribution in [0.5, 0.6) is 0 Å². The molecule has 0 aromatic carbocycles. The van der Waals surface area contributed by atoms with Crippen molar-refractivity contribution in [1.82, 2.24) is 29.1 Å². The fraction of sp³-hybridized carbons (Fsp3) is 0.267. The Morgan fingerprint density at radius 1 is 1.24 bits per heavy atom. The molecule has 3 heterocycles. The summed E-state index contributed by atoms with van der Waals surface area (Å²) in [4.78, 5) is 38.0. The van der Waals surface area contributed by atoms with Crippen LogP contribution >= 0.6 is 0 Å². The maximum absolute atomic E-state index is 11.9. The number of aromatic amines is 1. The second-order valence-corrected chi connectivity index (χ2v) is 5.42. The number of H-pyrrole nitrogens is 1. The fourth-order valence-electron chi connectivity index (χ4n) is 2.46. The molecule has 0 fully saturated rings. The van der Waals surface area contributed by atoms with E-state index in [0.717, 1.165) is 0 Å². The molecule has 10 nitrogen and oxygen atoms in total. The molecule has 128 valence electrons. The highest BCUT2D eigenvalue weighted by molar-refractivity contribution is 5.81. The largest absolute Gasteiger partial charge is 0.382 e. The third-order valence-corrected chi connectivity index (χ3v) is 3.56. The summed E-state index contributed by atoms with van der Waals surface area (Å²) in [5.41, 5.74) is 12.1. The Labute approximate surface area is 141 Å². The Morgan fingerprint density at radius 2 is 2.00 bits per heavy atom. The topological polar surface area (TPSA) is 150 Å². The van der Waals surface area contributed by atoms with Gasteiger partial charge >= 0.3 is 5.69 Å². The van der Waals surface area contributed by atoms with Crippen molar-refractivity contribution in [1.29, 1.82) is 0 Å². The quantitative estimate of drug-likeness (QED) is 0.497. The lowest BCUT2D eigenvalue weighted by atomic mass is 10.3. The highest BCUT2D eigenvalue weighted by Gasteiger charge is 2.12. The van der Waals surface area contributed by atoms with Gasteiger partial charge in [-0.1, -0.05) is 5.92 Å². The van der Waals surface area contributed by atoms with E-state index in [1.54, 1.807) is 17.8 Å². The van der Waals surface area contributed by atoms with E-state index in [1.807, 2.05) is 0 Å². The van der Waals surface area contributed by atoms with Crippen LogP contribution in [0.15, 0.2) is 28.4 Å². The minimum Gasteiger partial charge on any atom is -0.382 e. The molecule has 0 saturated carbocycles. The van der Waals surface area contributed by atoms with Gasteiger partial charge in [-0.05, 0) is 6.92 Å². The molecule has 3 aromatic heterocycles. The summed E-state index contributed by atoms with van der Waals surface area (Å²) in [6.07, 6.45) is 4.33. The number of anilines is 1. The van der Waals surface area contributed by atoms with Crippen molar-refractivity contribution < 1.29 is 0 Å². The van der Waals surface area contributed by atoms with Gasteiger partial charge in [-0.3, -0.25) is 14.3 Å². The first-order valence-corrected chi connectivity index (χ1v) is 7.43. The molecular formula is C15H16N8O2. The number of fused-ring (bicyclic) bond motifs is 1. The third-order valence-electron chi connectivity index (χ3n) is 3.56. The molecule has 3 aromatic rings. The molecule has 25 heavy (non-hydrogen) atoms. The Kier molecular flexibility index (Phi) is 4.32. The Bertz CT molecular complexity index is 1100. The molecule has 0 aliphatic carbocycles. The van der Waals surface area contributed by atoms with Gasteiger partial charge in [0.25, 0.3) is 5.56 Å². The van der Waals surface area contributed by atoms with E-state index in [9.17, 15) is 9.59 Å². The zero-order chi connectivity index (χ0) is 18.0. The van der Waals surface area contributed by atoms with Crippen molar-refractivity contribution in [2.24, 2.45) is 5.73 Å². The number of nitrogen functional groups attached to an aromatic ring is 1. The van der Waals surface area contributed by atoms with Crippen molar-refractivity contribution in [3.8, 4) is 11.8 Å².